The Labute approximate surface area is 76.8 Å². The van der Waals surface area contributed by atoms with Gasteiger partial charge in [-0.3, -0.25) is 9.59 Å². The van der Waals surface area contributed by atoms with E-state index in [-0.39, 0.29) is 12.2 Å². The lowest BCUT2D eigenvalue weighted by Crippen LogP contribution is -2.18. The molecule has 0 amide bonds. The quantitative estimate of drug-likeness (QED) is 0.716. The standard InChI is InChI=1S/C10H12O3/c1-2-9(10(12)13)7-4-3-5-8(11)6-7/h3-5,9H,2,6H2,1H3,(H,12,13). The third kappa shape index (κ3) is 2.28. The van der Waals surface area contributed by atoms with Gasteiger partial charge in [0.2, 0.25) is 0 Å². The van der Waals surface area contributed by atoms with Gasteiger partial charge in [0, 0.05) is 6.42 Å². The topological polar surface area (TPSA) is 54.4 Å². The molecule has 1 unspecified atom stereocenters. The monoisotopic (exact) mass is 180 g/mol. The Balaban J connectivity index is 2.80. The lowest BCUT2D eigenvalue weighted by molar-refractivity contribution is -0.140. The molecular weight excluding hydrogens is 168 g/mol. The van der Waals surface area contributed by atoms with E-state index in [9.17, 15) is 9.59 Å². The van der Waals surface area contributed by atoms with E-state index in [1.807, 2.05) is 6.92 Å². The lowest BCUT2D eigenvalue weighted by Gasteiger charge is -2.14. The molecule has 0 aromatic heterocycles. The first-order valence-electron chi connectivity index (χ1n) is 4.28. The van der Waals surface area contributed by atoms with Crippen LogP contribution in [-0.4, -0.2) is 16.9 Å². The van der Waals surface area contributed by atoms with Gasteiger partial charge in [-0.1, -0.05) is 19.1 Å². The maximum Gasteiger partial charge on any atom is 0.310 e. The average Bonchev–Trinajstić information content (AvgIpc) is 2.04. The predicted molar refractivity (Wildman–Crippen MR) is 48.3 cm³/mol. The minimum absolute atomic E-state index is 0.0165. The van der Waals surface area contributed by atoms with Gasteiger partial charge < -0.3 is 5.11 Å². The van der Waals surface area contributed by atoms with Crippen LogP contribution in [0.25, 0.3) is 0 Å². The summed E-state index contributed by atoms with van der Waals surface area (Å²) in [5.41, 5.74) is 0.711. The molecular formula is C10H12O3. The fraction of sp³-hybridized carbons (Fsp3) is 0.400. The van der Waals surface area contributed by atoms with Crippen LogP contribution < -0.4 is 0 Å². The molecule has 0 saturated heterocycles. The van der Waals surface area contributed by atoms with E-state index in [4.69, 9.17) is 5.11 Å². The molecule has 0 fully saturated rings. The van der Waals surface area contributed by atoms with Gasteiger partial charge in [0.15, 0.2) is 5.78 Å². The van der Waals surface area contributed by atoms with Crippen LogP contribution in [-0.2, 0) is 9.59 Å². The summed E-state index contributed by atoms with van der Waals surface area (Å²) in [6, 6.07) is 0. The van der Waals surface area contributed by atoms with Crippen molar-refractivity contribution in [3.63, 3.8) is 0 Å². The summed E-state index contributed by atoms with van der Waals surface area (Å²) in [7, 11) is 0. The van der Waals surface area contributed by atoms with Crippen molar-refractivity contribution in [1.82, 2.24) is 0 Å². The molecule has 0 radical (unpaired) electrons. The zero-order chi connectivity index (χ0) is 9.84. The Bertz CT molecular complexity index is 287. The highest BCUT2D eigenvalue weighted by atomic mass is 16.4. The van der Waals surface area contributed by atoms with Crippen molar-refractivity contribution in [3.05, 3.63) is 23.8 Å². The number of hydrogen-bond donors (Lipinski definition) is 1. The number of carboxylic acids is 1. The maximum absolute atomic E-state index is 11.0. The number of carboxylic acid groups (broad SMARTS) is 1. The molecule has 0 heterocycles. The fourth-order valence-corrected chi connectivity index (χ4v) is 1.43. The number of rotatable bonds is 3. The second-order valence-corrected chi connectivity index (χ2v) is 3.04. The van der Waals surface area contributed by atoms with Gasteiger partial charge in [0.05, 0.1) is 5.92 Å². The molecule has 1 rings (SSSR count). The third-order valence-electron chi connectivity index (χ3n) is 2.12. The van der Waals surface area contributed by atoms with Gasteiger partial charge in [-0.15, -0.1) is 0 Å². The molecule has 3 heteroatoms. The summed E-state index contributed by atoms with van der Waals surface area (Å²) in [6.45, 7) is 1.81. The molecule has 0 aliphatic heterocycles. The van der Waals surface area contributed by atoms with Crippen LogP contribution in [0.2, 0.25) is 0 Å². The first-order chi connectivity index (χ1) is 6.15. The highest BCUT2D eigenvalue weighted by Crippen LogP contribution is 2.21. The molecule has 13 heavy (non-hydrogen) atoms. The van der Waals surface area contributed by atoms with Gasteiger partial charge in [0.25, 0.3) is 0 Å². The molecule has 1 N–H and O–H groups in total. The van der Waals surface area contributed by atoms with Crippen LogP contribution in [0.3, 0.4) is 0 Å². The number of carbonyl (C=O) groups is 2. The van der Waals surface area contributed by atoms with E-state index >= 15 is 0 Å². The molecule has 70 valence electrons. The second kappa shape index (κ2) is 4.03. The van der Waals surface area contributed by atoms with Gasteiger partial charge in [-0.25, -0.2) is 0 Å². The van der Waals surface area contributed by atoms with Crippen LogP contribution in [0.1, 0.15) is 19.8 Å². The zero-order valence-corrected chi connectivity index (χ0v) is 7.49. The van der Waals surface area contributed by atoms with Gasteiger partial charge in [-0.2, -0.15) is 0 Å². The smallest absolute Gasteiger partial charge is 0.310 e. The summed E-state index contributed by atoms with van der Waals surface area (Å²) in [6.07, 6.45) is 5.60. The van der Waals surface area contributed by atoms with Gasteiger partial charge in [-0.05, 0) is 18.1 Å². The fourth-order valence-electron chi connectivity index (χ4n) is 1.43. The average molecular weight is 180 g/mol. The number of carbonyl (C=O) groups excluding carboxylic acids is 1. The number of allylic oxidation sites excluding steroid dienone is 3. The summed E-state index contributed by atoms with van der Waals surface area (Å²) in [5, 5.41) is 8.84. The molecule has 0 aromatic rings. The predicted octanol–water partition coefficient (Wildman–Crippen LogP) is 1.55. The normalized spacial score (nSPS) is 18.2. The van der Waals surface area contributed by atoms with Gasteiger partial charge in [0.1, 0.15) is 0 Å². The third-order valence-corrected chi connectivity index (χ3v) is 2.12. The Morgan fingerprint density at radius 3 is 2.85 bits per heavy atom. The first-order valence-corrected chi connectivity index (χ1v) is 4.28. The highest BCUT2D eigenvalue weighted by Gasteiger charge is 2.22. The van der Waals surface area contributed by atoms with Crippen LogP contribution >= 0.6 is 0 Å². The number of hydrogen-bond acceptors (Lipinski definition) is 2. The summed E-state index contributed by atoms with van der Waals surface area (Å²) in [5.74, 6) is -1.37. The first kappa shape index (κ1) is 9.71. The van der Waals surface area contributed by atoms with Crippen LogP contribution in [0.5, 0.6) is 0 Å². The van der Waals surface area contributed by atoms with E-state index in [0.29, 0.717) is 12.0 Å². The van der Waals surface area contributed by atoms with E-state index < -0.39 is 11.9 Å². The van der Waals surface area contributed by atoms with Crippen LogP contribution in [0, 0.1) is 5.92 Å². The number of aliphatic carboxylic acids is 1. The minimum Gasteiger partial charge on any atom is -0.481 e. The van der Waals surface area contributed by atoms with Crippen LogP contribution in [0.4, 0.5) is 0 Å². The second-order valence-electron chi connectivity index (χ2n) is 3.04. The van der Waals surface area contributed by atoms with E-state index in [1.54, 1.807) is 12.2 Å². The van der Waals surface area contributed by atoms with Crippen molar-refractivity contribution in [3.8, 4) is 0 Å². The van der Waals surface area contributed by atoms with Gasteiger partial charge >= 0.3 is 5.97 Å². The van der Waals surface area contributed by atoms with Crippen molar-refractivity contribution in [2.24, 2.45) is 5.92 Å². The number of ketones is 1. The van der Waals surface area contributed by atoms with Crippen molar-refractivity contribution in [2.75, 3.05) is 0 Å². The Hall–Kier alpha value is -1.38. The largest absolute Gasteiger partial charge is 0.481 e. The molecule has 1 aliphatic rings. The van der Waals surface area contributed by atoms with E-state index in [0.717, 1.165) is 0 Å². The molecule has 0 aromatic carbocycles. The summed E-state index contributed by atoms with van der Waals surface area (Å²) in [4.78, 5) is 21.8. The Morgan fingerprint density at radius 2 is 2.38 bits per heavy atom. The molecule has 3 nitrogen and oxygen atoms in total. The Kier molecular flexibility index (Phi) is 3.01. The molecule has 1 atom stereocenters. The van der Waals surface area contributed by atoms with E-state index in [1.165, 1.54) is 6.08 Å². The lowest BCUT2D eigenvalue weighted by atomic mass is 9.90. The summed E-state index contributed by atoms with van der Waals surface area (Å²) >= 11 is 0. The molecule has 0 saturated carbocycles. The van der Waals surface area contributed by atoms with Crippen molar-refractivity contribution >= 4 is 11.8 Å². The Morgan fingerprint density at radius 1 is 1.69 bits per heavy atom. The van der Waals surface area contributed by atoms with Crippen molar-refractivity contribution in [2.45, 2.75) is 19.8 Å². The molecule has 0 spiro atoms. The van der Waals surface area contributed by atoms with Crippen molar-refractivity contribution in [1.29, 1.82) is 0 Å². The molecule has 1 aliphatic carbocycles. The molecule has 0 bridgehead atoms. The maximum atomic E-state index is 11.0. The minimum atomic E-state index is -0.850. The summed E-state index contributed by atoms with van der Waals surface area (Å²) < 4.78 is 0. The SMILES string of the molecule is CCC(C(=O)O)C1=CC=CC(=O)C1. The van der Waals surface area contributed by atoms with Crippen molar-refractivity contribution < 1.29 is 14.7 Å². The zero-order valence-electron chi connectivity index (χ0n) is 7.49. The van der Waals surface area contributed by atoms with Crippen LogP contribution in [0.15, 0.2) is 23.8 Å². The highest BCUT2D eigenvalue weighted by molar-refractivity contribution is 5.94. The van der Waals surface area contributed by atoms with E-state index in [2.05, 4.69) is 0 Å².